The number of benzene rings is 1. The van der Waals surface area contributed by atoms with Crippen molar-refractivity contribution >= 4 is 5.69 Å². The van der Waals surface area contributed by atoms with Crippen LogP contribution in [0.5, 0.6) is 11.5 Å². The van der Waals surface area contributed by atoms with Gasteiger partial charge in [0.05, 0.1) is 25.5 Å². The zero-order chi connectivity index (χ0) is 14.7. The van der Waals surface area contributed by atoms with E-state index in [1.165, 1.54) is 5.56 Å². The predicted molar refractivity (Wildman–Crippen MR) is 83.1 cm³/mol. The van der Waals surface area contributed by atoms with E-state index in [9.17, 15) is 0 Å². The van der Waals surface area contributed by atoms with E-state index < -0.39 is 0 Å². The highest BCUT2D eigenvalue weighted by molar-refractivity contribution is 5.56. The summed E-state index contributed by atoms with van der Waals surface area (Å²) < 4.78 is 10.9. The number of aryl methyl sites for hydroxylation is 1. The fourth-order valence-electron chi connectivity index (χ4n) is 2.79. The maximum Gasteiger partial charge on any atom is 0.163 e. The molecule has 1 N–H and O–H groups in total. The van der Waals surface area contributed by atoms with Gasteiger partial charge in [-0.05, 0) is 43.5 Å². The van der Waals surface area contributed by atoms with E-state index in [0.29, 0.717) is 6.61 Å². The number of pyridine rings is 1. The summed E-state index contributed by atoms with van der Waals surface area (Å²) in [4.78, 5) is 4.51. The molecule has 21 heavy (non-hydrogen) atoms. The molecule has 1 unspecified atom stereocenters. The molecule has 3 rings (SSSR count). The van der Waals surface area contributed by atoms with Crippen LogP contribution in [0.2, 0.25) is 0 Å². The second kappa shape index (κ2) is 6.04. The van der Waals surface area contributed by atoms with Crippen molar-refractivity contribution < 1.29 is 9.47 Å². The molecule has 4 heteroatoms. The topological polar surface area (TPSA) is 43.4 Å². The standard InChI is InChI=1S/C17H20N2O2/c1-3-21-16-11-13(7-9-15(16)20-2)19-14-8-6-12-5-4-10-18-17(12)14/h4-5,7,9-11,14,19H,3,6,8H2,1-2H3. The van der Waals surface area contributed by atoms with E-state index in [0.717, 1.165) is 35.7 Å². The van der Waals surface area contributed by atoms with E-state index in [2.05, 4.69) is 16.4 Å². The number of ether oxygens (including phenoxy) is 2. The van der Waals surface area contributed by atoms with Crippen molar-refractivity contribution in [2.75, 3.05) is 19.0 Å². The third-order valence-electron chi connectivity index (χ3n) is 3.76. The van der Waals surface area contributed by atoms with Gasteiger partial charge in [0.1, 0.15) is 0 Å². The monoisotopic (exact) mass is 284 g/mol. The first-order chi connectivity index (χ1) is 10.3. The van der Waals surface area contributed by atoms with Gasteiger partial charge < -0.3 is 14.8 Å². The highest BCUT2D eigenvalue weighted by Crippen LogP contribution is 2.35. The molecule has 0 fully saturated rings. The van der Waals surface area contributed by atoms with Gasteiger partial charge >= 0.3 is 0 Å². The first kappa shape index (κ1) is 13.7. The van der Waals surface area contributed by atoms with Crippen molar-refractivity contribution in [3.8, 4) is 11.5 Å². The van der Waals surface area contributed by atoms with Gasteiger partial charge in [0.2, 0.25) is 0 Å². The zero-order valence-electron chi connectivity index (χ0n) is 12.4. The molecule has 0 saturated carbocycles. The Kier molecular flexibility index (Phi) is 3.95. The average molecular weight is 284 g/mol. The molecule has 1 aliphatic rings. The van der Waals surface area contributed by atoms with E-state index >= 15 is 0 Å². The van der Waals surface area contributed by atoms with Crippen LogP contribution in [0, 0.1) is 0 Å². The number of anilines is 1. The van der Waals surface area contributed by atoms with Crippen molar-refractivity contribution in [3.05, 3.63) is 47.8 Å². The van der Waals surface area contributed by atoms with Crippen LogP contribution in [-0.2, 0) is 6.42 Å². The summed E-state index contributed by atoms with van der Waals surface area (Å²) in [6.07, 6.45) is 4.01. The molecular weight excluding hydrogens is 264 g/mol. The number of fused-ring (bicyclic) bond motifs is 1. The number of aromatic nitrogens is 1. The number of methoxy groups -OCH3 is 1. The summed E-state index contributed by atoms with van der Waals surface area (Å²) in [7, 11) is 1.65. The number of nitrogens with one attached hydrogen (secondary N) is 1. The molecule has 1 heterocycles. The van der Waals surface area contributed by atoms with Crippen LogP contribution >= 0.6 is 0 Å². The normalized spacial score (nSPS) is 16.4. The van der Waals surface area contributed by atoms with Gasteiger partial charge in [0, 0.05) is 18.0 Å². The van der Waals surface area contributed by atoms with Gasteiger partial charge in [-0.25, -0.2) is 0 Å². The van der Waals surface area contributed by atoms with Crippen molar-refractivity contribution in [1.82, 2.24) is 4.98 Å². The summed E-state index contributed by atoms with van der Waals surface area (Å²) in [5.41, 5.74) is 3.53. The zero-order valence-corrected chi connectivity index (χ0v) is 12.4. The Hall–Kier alpha value is -2.23. The largest absolute Gasteiger partial charge is 0.493 e. The highest BCUT2D eigenvalue weighted by Gasteiger charge is 2.23. The second-order valence-electron chi connectivity index (χ2n) is 5.08. The van der Waals surface area contributed by atoms with Gasteiger partial charge in [0.25, 0.3) is 0 Å². The van der Waals surface area contributed by atoms with Gasteiger partial charge in [-0.3, -0.25) is 4.98 Å². The fourth-order valence-corrected chi connectivity index (χ4v) is 2.79. The minimum Gasteiger partial charge on any atom is -0.493 e. The van der Waals surface area contributed by atoms with Crippen LogP contribution in [0.4, 0.5) is 5.69 Å². The Morgan fingerprint density at radius 3 is 3.00 bits per heavy atom. The van der Waals surface area contributed by atoms with Crippen molar-refractivity contribution in [2.45, 2.75) is 25.8 Å². The Balaban J connectivity index is 1.81. The van der Waals surface area contributed by atoms with Crippen LogP contribution in [0.1, 0.15) is 30.6 Å². The van der Waals surface area contributed by atoms with E-state index in [1.807, 2.05) is 37.4 Å². The molecule has 0 amide bonds. The van der Waals surface area contributed by atoms with Crippen LogP contribution in [0.15, 0.2) is 36.5 Å². The number of hydrogen-bond donors (Lipinski definition) is 1. The maximum atomic E-state index is 5.62. The molecule has 110 valence electrons. The van der Waals surface area contributed by atoms with Crippen LogP contribution < -0.4 is 14.8 Å². The molecule has 1 aromatic heterocycles. The number of nitrogens with zero attached hydrogens (tertiary/aromatic N) is 1. The summed E-state index contributed by atoms with van der Waals surface area (Å²) in [5, 5.41) is 3.55. The van der Waals surface area contributed by atoms with Crippen LogP contribution in [0.25, 0.3) is 0 Å². The lowest BCUT2D eigenvalue weighted by molar-refractivity contribution is 0.311. The minimum atomic E-state index is 0.268. The quantitative estimate of drug-likeness (QED) is 0.911. The van der Waals surface area contributed by atoms with Gasteiger partial charge in [-0.15, -0.1) is 0 Å². The van der Waals surface area contributed by atoms with E-state index in [4.69, 9.17) is 9.47 Å². The summed E-state index contributed by atoms with van der Waals surface area (Å²) in [5.74, 6) is 1.52. The smallest absolute Gasteiger partial charge is 0.163 e. The van der Waals surface area contributed by atoms with Gasteiger partial charge in [-0.2, -0.15) is 0 Å². The van der Waals surface area contributed by atoms with E-state index in [-0.39, 0.29) is 6.04 Å². The molecule has 2 aromatic rings. The first-order valence-corrected chi connectivity index (χ1v) is 7.33. The molecular formula is C17H20N2O2. The highest BCUT2D eigenvalue weighted by atomic mass is 16.5. The molecule has 0 radical (unpaired) electrons. The Morgan fingerprint density at radius 2 is 2.19 bits per heavy atom. The lowest BCUT2D eigenvalue weighted by Crippen LogP contribution is -2.08. The summed E-state index contributed by atoms with van der Waals surface area (Å²) in [6, 6.07) is 10.4. The SMILES string of the molecule is CCOc1cc(NC2CCc3cccnc32)ccc1OC. The minimum absolute atomic E-state index is 0.268. The lowest BCUT2D eigenvalue weighted by atomic mass is 10.2. The van der Waals surface area contributed by atoms with E-state index in [1.54, 1.807) is 7.11 Å². The Morgan fingerprint density at radius 1 is 1.29 bits per heavy atom. The van der Waals surface area contributed by atoms with Crippen molar-refractivity contribution in [1.29, 1.82) is 0 Å². The maximum absolute atomic E-state index is 5.62. The Labute approximate surface area is 125 Å². The summed E-state index contributed by atoms with van der Waals surface area (Å²) in [6.45, 7) is 2.59. The molecule has 0 spiro atoms. The molecule has 4 nitrogen and oxygen atoms in total. The Bertz CT molecular complexity index is 628. The molecule has 0 saturated heterocycles. The first-order valence-electron chi connectivity index (χ1n) is 7.33. The summed E-state index contributed by atoms with van der Waals surface area (Å²) >= 11 is 0. The molecule has 1 aromatic carbocycles. The van der Waals surface area contributed by atoms with Crippen molar-refractivity contribution in [2.24, 2.45) is 0 Å². The third-order valence-corrected chi connectivity index (χ3v) is 3.76. The third kappa shape index (κ3) is 2.79. The lowest BCUT2D eigenvalue weighted by Gasteiger charge is -2.17. The van der Waals surface area contributed by atoms with Crippen LogP contribution in [-0.4, -0.2) is 18.7 Å². The molecule has 0 bridgehead atoms. The number of hydrogen-bond acceptors (Lipinski definition) is 4. The molecule has 0 aliphatic heterocycles. The van der Waals surface area contributed by atoms with Crippen molar-refractivity contribution in [3.63, 3.8) is 0 Å². The average Bonchev–Trinajstić information content (AvgIpc) is 2.91. The molecule has 1 aliphatic carbocycles. The fraction of sp³-hybridized carbons (Fsp3) is 0.353. The molecule has 1 atom stereocenters. The predicted octanol–water partition coefficient (Wildman–Crippen LogP) is 3.59. The second-order valence-corrected chi connectivity index (χ2v) is 5.08. The van der Waals surface area contributed by atoms with Crippen LogP contribution in [0.3, 0.4) is 0 Å². The van der Waals surface area contributed by atoms with Gasteiger partial charge in [-0.1, -0.05) is 6.07 Å². The van der Waals surface area contributed by atoms with Gasteiger partial charge in [0.15, 0.2) is 11.5 Å². The number of rotatable bonds is 5.